The molecular weight excluding hydrogens is 194 g/mol. The predicted molar refractivity (Wildman–Crippen MR) is 62.4 cm³/mol. The molecule has 1 heterocycles. The predicted octanol–water partition coefficient (Wildman–Crippen LogP) is 0.707. The van der Waals surface area contributed by atoms with Gasteiger partial charge in [-0.25, -0.2) is 0 Å². The first-order valence-corrected chi connectivity index (χ1v) is 5.99. The van der Waals surface area contributed by atoms with Gasteiger partial charge in [-0.05, 0) is 38.4 Å². The van der Waals surface area contributed by atoms with Crippen LogP contribution in [-0.4, -0.2) is 41.7 Å². The second-order valence-corrected chi connectivity index (χ2v) is 4.62. The average molecular weight is 213 g/mol. The van der Waals surface area contributed by atoms with Gasteiger partial charge in [0.2, 0.25) is 0 Å². The van der Waals surface area contributed by atoms with Gasteiger partial charge in [0.05, 0.1) is 0 Å². The van der Waals surface area contributed by atoms with Crippen molar-refractivity contribution in [3.8, 4) is 0 Å². The first kappa shape index (κ1) is 10.2. The zero-order chi connectivity index (χ0) is 9.97. The van der Waals surface area contributed by atoms with Gasteiger partial charge in [-0.3, -0.25) is 4.90 Å². The minimum Gasteiger partial charge on any atom is -0.363 e. The van der Waals surface area contributed by atoms with Crippen molar-refractivity contribution >= 4 is 17.3 Å². The Bertz CT molecular complexity index is 215. The van der Waals surface area contributed by atoms with Crippen LogP contribution in [0.25, 0.3) is 0 Å². The molecule has 1 saturated carbocycles. The second kappa shape index (κ2) is 4.45. The Morgan fingerprint density at radius 1 is 1.43 bits per heavy atom. The highest BCUT2D eigenvalue weighted by Crippen LogP contribution is 2.29. The van der Waals surface area contributed by atoms with Crippen LogP contribution in [0.2, 0.25) is 0 Å². The molecule has 0 aromatic heterocycles. The van der Waals surface area contributed by atoms with Crippen LogP contribution in [0.5, 0.6) is 0 Å². The van der Waals surface area contributed by atoms with Crippen LogP contribution in [0, 0.1) is 0 Å². The SMILES string of the molecule is CCNC(=S)NC1CCN(C2CC2)C1. The molecule has 0 bridgehead atoms. The first-order chi connectivity index (χ1) is 6.79. The number of thiocarbonyl (C=S) groups is 1. The van der Waals surface area contributed by atoms with Gasteiger partial charge in [-0.2, -0.15) is 0 Å². The monoisotopic (exact) mass is 213 g/mol. The third-order valence-corrected chi connectivity index (χ3v) is 3.22. The van der Waals surface area contributed by atoms with Crippen LogP contribution < -0.4 is 10.6 Å². The van der Waals surface area contributed by atoms with E-state index in [-0.39, 0.29) is 0 Å². The average Bonchev–Trinajstić information content (AvgIpc) is 2.89. The lowest BCUT2D eigenvalue weighted by Crippen LogP contribution is -2.43. The fourth-order valence-electron chi connectivity index (χ4n) is 2.07. The minimum atomic E-state index is 0.571. The Morgan fingerprint density at radius 3 is 2.86 bits per heavy atom. The summed E-state index contributed by atoms with van der Waals surface area (Å²) >= 11 is 5.17. The summed E-state index contributed by atoms with van der Waals surface area (Å²) in [7, 11) is 0. The maximum Gasteiger partial charge on any atom is 0.166 e. The van der Waals surface area contributed by atoms with E-state index in [2.05, 4.69) is 22.5 Å². The molecule has 1 aliphatic heterocycles. The van der Waals surface area contributed by atoms with E-state index in [4.69, 9.17) is 12.2 Å². The number of likely N-dealkylation sites (tertiary alicyclic amines) is 1. The van der Waals surface area contributed by atoms with Gasteiger partial charge in [0, 0.05) is 31.7 Å². The van der Waals surface area contributed by atoms with Crippen molar-refractivity contribution < 1.29 is 0 Å². The zero-order valence-electron chi connectivity index (χ0n) is 8.75. The van der Waals surface area contributed by atoms with Crippen molar-refractivity contribution in [2.75, 3.05) is 19.6 Å². The molecule has 1 unspecified atom stereocenters. The van der Waals surface area contributed by atoms with Crippen molar-refractivity contribution in [2.45, 2.75) is 38.3 Å². The van der Waals surface area contributed by atoms with E-state index in [0.29, 0.717) is 6.04 Å². The summed E-state index contributed by atoms with van der Waals surface area (Å²) in [5.74, 6) is 0. The maximum absolute atomic E-state index is 5.17. The molecule has 2 N–H and O–H groups in total. The number of hydrogen-bond acceptors (Lipinski definition) is 2. The van der Waals surface area contributed by atoms with Gasteiger partial charge in [0.1, 0.15) is 0 Å². The number of rotatable bonds is 3. The Labute approximate surface area is 91.2 Å². The molecular formula is C10H19N3S. The van der Waals surface area contributed by atoms with Gasteiger partial charge in [-0.1, -0.05) is 0 Å². The van der Waals surface area contributed by atoms with Crippen molar-refractivity contribution in [3.05, 3.63) is 0 Å². The standard InChI is InChI=1S/C10H19N3S/c1-2-11-10(14)12-8-5-6-13(7-8)9-3-4-9/h8-9H,2-7H2,1H3,(H2,11,12,14). The third kappa shape index (κ3) is 2.58. The highest BCUT2D eigenvalue weighted by molar-refractivity contribution is 7.80. The lowest BCUT2D eigenvalue weighted by atomic mass is 10.3. The van der Waals surface area contributed by atoms with Gasteiger partial charge >= 0.3 is 0 Å². The van der Waals surface area contributed by atoms with Crippen LogP contribution in [0.15, 0.2) is 0 Å². The van der Waals surface area contributed by atoms with Crippen LogP contribution in [-0.2, 0) is 0 Å². The highest BCUT2D eigenvalue weighted by atomic mass is 32.1. The molecule has 0 aromatic carbocycles. The van der Waals surface area contributed by atoms with Gasteiger partial charge < -0.3 is 10.6 Å². The highest BCUT2D eigenvalue weighted by Gasteiger charge is 2.34. The van der Waals surface area contributed by atoms with Crippen molar-refractivity contribution in [2.24, 2.45) is 0 Å². The molecule has 14 heavy (non-hydrogen) atoms. The van der Waals surface area contributed by atoms with E-state index < -0.39 is 0 Å². The molecule has 2 rings (SSSR count). The third-order valence-electron chi connectivity index (χ3n) is 2.96. The first-order valence-electron chi connectivity index (χ1n) is 5.58. The van der Waals surface area contributed by atoms with Crippen LogP contribution in [0.4, 0.5) is 0 Å². The lowest BCUT2D eigenvalue weighted by molar-refractivity contribution is 0.321. The fourth-order valence-corrected chi connectivity index (χ4v) is 2.38. The normalized spacial score (nSPS) is 27.6. The Balaban J connectivity index is 1.69. The quantitative estimate of drug-likeness (QED) is 0.675. The summed E-state index contributed by atoms with van der Waals surface area (Å²) in [6.07, 6.45) is 4.05. The summed E-state index contributed by atoms with van der Waals surface area (Å²) in [6.45, 7) is 5.40. The van der Waals surface area contributed by atoms with Gasteiger partial charge in [0.15, 0.2) is 5.11 Å². The molecule has 3 nitrogen and oxygen atoms in total. The molecule has 0 amide bonds. The van der Waals surface area contributed by atoms with E-state index in [1.54, 1.807) is 0 Å². The zero-order valence-corrected chi connectivity index (χ0v) is 9.57. The Hall–Kier alpha value is -0.350. The molecule has 2 aliphatic rings. The van der Waals surface area contributed by atoms with Crippen LogP contribution >= 0.6 is 12.2 Å². The van der Waals surface area contributed by atoms with Gasteiger partial charge in [0.25, 0.3) is 0 Å². The summed E-state index contributed by atoms with van der Waals surface area (Å²) in [5, 5.41) is 7.32. The fraction of sp³-hybridized carbons (Fsp3) is 0.900. The molecule has 1 aliphatic carbocycles. The topological polar surface area (TPSA) is 27.3 Å². The molecule has 0 aromatic rings. The Kier molecular flexibility index (Phi) is 3.23. The van der Waals surface area contributed by atoms with Crippen LogP contribution in [0.1, 0.15) is 26.2 Å². The van der Waals surface area contributed by atoms with E-state index in [1.165, 1.54) is 32.4 Å². The molecule has 1 saturated heterocycles. The number of nitrogens with one attached hydrogen (secondary N) is 2. The van der Waals surface area contributed by atoms with Gasteiger partial charge in [-0.15, -0.1) is 0 Å². The van der Waals surface area contributed by atoms with Crippen molar-refractivity contribution in [1.29, 1.82) is 0 Å². The van der Waals surface area contributed by atoms with E-state index >= 15 is 0 Å². The lowest BCUT2D eigenvalue weighted by Gasteiger charge is -2.17. The molecule has 0 radical (unpaired) electrons. The second-order valence-electron chi connectivity index (χ2n) is 4.22. The van der Waals surface area contributed by atoms with Crippen molar-refractivity contribution in [1.82, 2.24) is 15.5 Å². The number of nitrogens with zero attached hydrogens (tertiary/aromatic N) is 1. The largest absolute Gasteiger partial charge is 0.363 e. The Morgan fingerprint density at radius 2 is 2.21 bits per heavy atom. The summed E-state index contributed by atoms with van der Waals surface area (Å²) in [5.41, 5.74) is 0. The van der Waals surface area contributed by atoms with E-state index in [9.17, 15) is 0 Å². The number of hydrogen-bond donors (Lipinski definition) is 2. The minimum absolute atomic E-state index is 0.571. The maximum atomic E-state index is 5.17. The van der Waals surface area contributed by atoms with E-state index in [0.717, 1.165) is 17.7 Å². The molecule has 2 fully saturated rings. The molecule has 0 spiro atoms. The van der Waals surface area contributed by atoms with Crippen LogP contribution in [0.3, 0.4) is 0 Å². The van der Waals surface area contributed by atoms with Crippen molar-refractivity contribution in [3.63, 3.8) is 0 Å². The molecule has 1 atom stereocenters. The molecule has 80 valence electrons. The summed E-state index contributed by atoms with van der Waals surface area (Å²) in [4.78, 5) is 2.59. The van der Waals surface area contributed by atoms with E-state index in [1.807, 2.05) is 0 Å². The molecule has 4 heteroatoms. The smallest absolute Gasteiger partial charge is 0.166 e. The summed E-state index contributed by atoms with van der Waals surface area (Å²) < 4.78 is 0. The summed E-state index contributed by atoms with van der Waals surface area (Å²) in [6, 6.07) is 1.47.